The lowest BCUT2D eigenvalue weighted by molar-refractivity contribution is -0.137. The fourth-order valence-electron chi connectivity index (χ4n) is 4.24. The smallest absolute Gasteiger partial charge is 0.303 e. The molecule has 0 amide bonds. The first-order chi connectivity index (χ1) is 12.0. The van der Waals surface area contributed by atoms with Gasteiger partial charge in [0.05, 0.1) is 24.4 Å². The van der Waals surface area contributed by atoms with Gasteiger partial charge in [0.25, 0.3) is 0 Å². The second-order valence-corrected chi connectivity index (χ2v) is 7.66. The Balaban J connectivity index is 1.76. The topological polar surface area (TPSA) is 87.0 Å². The summed E-state index contributed by atoms with van der Waals surface area (Å²) in [6, 6.07) is 0. The van der Waals surface area contributed by atoms with Crippen LogP contribution in [-0.2, 0) is 9.53 Å². The summed E-state index contributed by atoms with van der Waals surface area (Å²) in [5, 5.41) is 29.0. The lowest BCUT2D eigenvalue weighted by Gasteiger charge is -2.18. The normalized spacial score (nSPS) is 33.0. The van der Waals surface area contributed by atoms with Crippen molar-refractivity contribution in [3.05, 3.63) is 12.2 Å². The maximum Gasteiger partial charge on any atom is 0.303 e. The molecule has 1 heterocycles. The molecule has 0 bridgehead atoms. The van der Waals surface area contributed by atoms with E-state index in [0.29, 0.717) is 18.8 Å². The zero-order chi connectivity index (χ0) is 18.2. The zero-order valence-electron chi connectivity index (χ0n) is 15.3. The van der Waals surface area contributed by atoms with Crippen molar-refractivity contribution in [1.29, 1.82) is 0 Å². The van der Waals surface area contributed by atoms with Gasteiger partial charge >= 0.3 is 5.97 Å². The number of carboxylic acids is 1. The number of hydrogen-bond acceptors (Lipinski definition) is 4. The SMILES string of the molecule is CCCCC[C@H](O)/C=C/[C@@H]1[C@H]2C[C@H](CCCCC(=O)O)O[C@@H]2C[C@H]1O. The number of unbranched alkanes of at least 4 members (excludes halogenated alkanes) is 3. The van der Waals surface area contributed by atoms with Crippen LogP contribution in [0.3, 0.4) is 0 Å². The third kappa shape index (κ3) is 6.39. The summed E-state index contributed by atoms with van der Waals surface area (Å²) < 4.78 is 6.08. The van der Waals surface area contributed by atoms with E-state index in [9.17, 15) is 15.0 Å². The Bertz CT molecular complexity index is 436. The Hall–Kier alpha value is -0.910. The summed E-state index contributed by atoms with van der Waals surface area (Å²) in [6.45, 7) is 2.15. The summed E-state index contributed by atoms with van der Waals surface area (Å²) >= 11 is 0. The number of rotatable bonds is 11. The number of aliphatic carboxylic acids is 1. The molecule has 0 aromatic carbocycles. The first kappa shape index (κ1) is 20.4. The van der Waals surface area contributed by atoms with Crippen molar-refractivity contribution in [1.82, 2.24) is 0 Å². The molecule has 2 fully saturated rings. The van der Waals surface area contributed by atoms with Crippen molar-refractivity contribution in [3.8, 4) is 0 Å². The molecule has 25 heavy (non-hydrogen) atoms. The first-order valence-corrected chi connectivity index (χ1v) is 9.93. The summed E-state index contributed by atoms with van der Waals surface area (Å²) in [4.78, 5) is 10.6. The van der Waals surface area contributed by atoms with E-state index in [0.717, 1.165) is 44.9 Å². The van der Waals surface area contributed by atoms with Crippen LogP contribution in [-0.4, -0.2) is 45.7 Å². The van der Waals surface area contributed by atoms with Gasteiger partial charge in [0.2, 0.25) is 0 Å². The Morgan fingerprint density at radius 1 is 1.24 bits per heavy atom. The van der Waals surface area contributed by atoms with Crippen LogP contribution >= 0.6 is 0 Å². The minimum atomic E-state index is -0.741. The van der Waals surface area contributed by atoms with E-state index in [1.54, 1.807) is 0 Å². The molecule has 0 spiro atoms. The fourth-order valence-corrected chi connectivity index (χ4v) is 4.24. The highest BCUT2D eigenvalue weighted by Crippen LogP contribution is 2.45. The third-order valence-electron chi connectivity index (χ3n) is 5.62. The molecule has 0 aromatic rings. The van der Waals surface area contributed by atoms with E-state index in [-0.39, 0.29) is 30.7 Å². The third-order valence-corrected chi connectivity index (χ3v) is 5.62. The molecule has 3 N–H and O–H groups in total. The molecule has 1 saturated heterocycles. The van der Waals surface area contributed by atoms with Crippen LogP contribution in [0.4, 0.5) is 0 Å². The maximum atomic E-state index is 10.6. The molecule has 6 atom stereocenters. The standard InChI is InChI=1S/C20H34O5/c1-2-3-4-7-14(21)10-11-16-17-12-15(8-5-6-9-20(23)24)25-19(17)13-18(16)22/h10-11,14-19,21-22H,2-9,12-13H2,1H3,(H,23,24)/b11-10+/t14-,15-,16+,17+,18+,19+/m0/s1. The van der Waals surface area contributed by atoms with Gasteiger partial charge in [-0.25, -0.2) is 0 Å². The first-order valence-electron chi connectivity index (χ1n) is 9.93. The number of carboxylic acid groups (broad SMARTS) is 1. The van der Waals surface area contributed by atoms with Gasteiger partial charge in [0.1, 0.15) is 0 Å². The largest absolute Gasteiger partial charge is 0.481 e. The maximum absolute atomic E-state index is 10.6. The highest BCUT2D eigenvalue weighted by Gasteiger charge is 2.47. The quantitative estimate of drug-likeness (QED) is 0.391. The van der Waals surface area contributed by atoms with E-state index < -0.39 is 12.1 Å². The van der Waals surface area contributed by atoms with Crippen molar-refractivity contribution < 1.29 is 24.9 Å². The highest BCUT2D eigenvalue weighted by atomic mass is 16.5. The molecule has 2 rings (SSSR count). The van der Waals surface area contributed by atoms with Crippen molar-refractivity contribution in [2.45, 2.75) is 95.5 Å². The number of hydrogen-bond donors (Lipinski definition) is 3. The Morgan fingerprint density at radius 3 is 2.76 bits per heavy atom. The summed E-state index contributed by atoms with van der Waals surface area (Å²) in [7, 11) is 0. The molecular formula is C20H34O5. The van der Waals surface area contributed by atoms with Crippen molar-refractivity contribution in [3.63, 3.8) is 0 Å². The van der Waals surface area contributed by atoms with Gasteiger partial charge < -0.3 is 20.1 Å². The van der Waals surface area contributed by atoms with Crippen molar-refractivity contribution >= 4 is 5.97 Å². The minimum absolute atomic E-state index is 0.0647. The van der Waals surface area contributed by atoms with Crippen LogP contribution in [0.5, 0.6) is 0 Å². The van der Waals surface area contributed by atoms with Gasteiger partial charge in [-0.05, 0) is 31.6 Å². The lowest BCUT2D eigenvalue weighted by Crippen LogP contribution is -2.19. The van der Waals surface area contributed by atoms with Gasteiger partial charge in [-0.3, -0.25) is 4.79 Å². The molecular weight excluding hydrogens is 320 g/mol. The molecule has 2 aliphatic rings. The summed E-state index contributed by atoms with van der Waals surface area (Å²) in [5.41, 5.74) is 0. The average molecular weight is 354 g/mol. The van der Waals surface area contributed by atoms with Crippen LogP contribution in [0.2, 0.25) is 0 Å². The molecule has 1 aliphatic heterocycles. The summed E-state index contributed by atoms with van der Waals surface area (Å²) in [5.74, 6) is -0.358. The lowest BCUT2D eigenvalue weighted by atomic mass is 9.89. The zero-order valence-corrected chi connectivity index (χ0v) is 15.3. The molecule has 0 unspecified atom stereocenters. The van der Waals surface area contributed by atoms with E-state index in [1.807, 2.05) is 12.2 Å². The summed E-state index contributed by atoms with van der Waals surface area (Å²) in [6.07, 6.45) is 11.7. The number of carbonyl (C=O) groups is 1. The number of fused-ring (bicyclic) bond motifs is 1. The van der Waals surface area contributed by atoms with E-state index >= 15 is 0 Å². The molecule has 0 aromatic heterocycles. The second-order valence-electron chi connectivity index (χ2n) is 7.66. The predicted molar refractivity (Wildman–Crippen MR) is 96.3 cm³/mol. The van der Waals surface area contributed by atoms with Crippen molar-refractivity contribution in [2.24, 2.45) is 11.8 Å². The minimum Gasteiger partial charge on any atom is -0.481 e. The Morgan fingerprint density at radius 2 is 2.04 bits per heavy atom. The monoisotopic (exact) mass is 354 g/mol. The van der Waals surface area contributed by atoms with Crippen LogP contribution < -0.4 is 0 Å². The van der Waals surface area contributed by atoms with Gasteiger partial charge in [0.15, 0.2) is 0 Å². The Kier molecular flexibility index (Phi) is 8.40. The second kappa shape index (κ2) is 10.3. The van der Waals surface area contributed by atoms with E-state index in [1.165, 1.54) is 0 Å². The van der Waals surface area contributed by atoms with Gasteiger partial charge in [0, 0.05) is 18.8 Å². The van der Waals surface area contributed by atoms with E-state index in [4.69, 9.17) is 9.84 Å². The molecule has 5 nitrogen and oxygen atoms in total. The molecule has 0 radical (unpaired) electrons. The van der Waals surface area contributed by atoms with Gasteiger partial charge in [-0.1, -0.05) is 44.8 Å². The van der Waals surface area contributed by atoms with Crippen LogP contribution in [0.25, 0.3) is 0 Å². The van der Waals surface area contributed by atoms with E-state index in [2.05, 4.69) is 6.92 Å². The fraction of sp³-hybridized carbons (Fsp3) is 0.850. The predicted octanol–water partition coefficient (Wildman–Crippen LogP) is 3.28. The van der Waals surface area contributed by atoms with Gasteiger partial charge in [-0.15, -0.1) is 0 Å². The van der Waals surface area contributed by atoms with Crippen LogP contribution in [0, 0.1) is 11.8 Å². The molecule has 5 heteroatoms. The van der Waals surface area contributed by atoms with Gasteiger partial charge in [-0.2, -0.15) is 0 Å². The molecule has 144 valence electrons. The number of aliphatic hydroxyl groups is 2. The van der Waals surface area contributed by atoms with Crippen LogP contribution in [0.1, 0.15) is 71.1 Å². The average Bonchev–Trinajstić information content (AvgIpc) is 3.06. The van der Waals surface area contributed by atoms with Crippen LogP contribution in [0.15, 0.2) is 12.2 Å². The number of aliphatic hydroxyl groups excluding tert-OH is 2. The van der Waals surface area contributed by atoms with Crippen molar-refractivity contribution in [2.75, 3.05) is 0 Å². The molecule has 1 aliphatic carbocycles. The Labute approximate surface area is 151 Å². The number of ether oxygens (including phenoxy) is 1. The highest BCUT2D eigenvalue weighted by molar-refractivity contribution is 5.66. The molecule has 1 saturated carbocycles.